The van der Waals surface area contributed by atoms with Crippen molar-refractivity contribution in [2.45, 2.75) is 12.5 Å². The van der Waals surface area contributed by atoms with Crippen LogP contribution in [0.25, 0.3) is 10.1 Å². The molecule has 6 heteroatoms. The average molecular weight is 380 g/mol. The summed E-state index contributed by atoms with van der Waals surface area (Å²) in [6.45, 7) is 1.75. The average Bonchev–Trinajstić information content (AvgIpc) is 3.00. The van der Waals surface area contributed by atoms with Gasteiger partial charge in [-0.15, -0.1) is 11.3 Å². The molecule has 3 aromatic rings. The lowest BCUT2D eigenvalue weighted by molar-refractivity contribution is 0.0557. The van der Waals surface area contributed by atoms with Crippen LogP contribution in [0.4, 0.5) is 0 Å². The lowest BCUT2D eigenvalue weighted by Crippen LogP contribution is -2.38. The van der Waals surface area contributed by atoms with E-state index in [-0.39, 0.29) is 18.0 Å². The molecular formula is C18H15Cl2NO2S. The van der Waals surface area contributed by atoms with Gasteiger partial charge in [0, 0.05) is 14.6 Å². The second kappa shape index (κ2) is 6.73. The number of carbonyl (C=O) groups excluding carboxylic acids is 1. The normalized spacial score (nSPS) is 13.7. The maximum Gasteiger partial charge on any atom is 0.252 e. The summed E-state index contributed by atoms with van der Waals surface area (Å²) in [6, 6.07) is 14.6. The van der Waals surface area contributed by atoms with Crippen LogP contribution in [-0.2, 0) is 5.60 Å². The number of carbonyl (C=O) groups is 1. The highest BCUT2D eigenvalue weighted by Crippen LogP contribution is 2.33. The second-order valence-electron chi connectivity index (χ2n) is 5.73. The molecule has 3 rings (SSSR count). The van der Waals surface area contributed by atoms with E-state index in [0.29, 0.717) is 10.0 Å². The second-order valence-corrected chi connectivity index (χ2v) is 7.66. The van der Waals surface area contributed by atoms with E-state index < -0.39 is 5.60 Å². The van der Waals surface area contributed by atoms with Crippen LogP contribution in [0.15, 0.2) is 48.5 Å². The first-order valence-corrected chi connectivity index (χ1v) is 8.89. The summed E-state index contributed by atoms with van der Waals surface area (Å²) in [5.41, 5.74) is -0.888. The van der Waals surface area contributed by atoms with E-state index in [4.69, 9.17) is 23.2 Å². The number of thiophene rings is 1. The van der Waals surface area contributed by atoms with E-state index in [1.807, 2.05) is 30.3 Å². The van der Waals surface area contributed by atoms with Gasteiger partial charge in [-0.05, 0) is 42.6 Å². The number of hydrogen-bond donors (Lipinski definition) is 2. The molecule has 1 unspecified atom stereocenters. The van der Waals surface area contributed by atoms with Gasteiger partial charge < -0.3 is 10.4 Å². The van der Waals surface area contributed by atoms with Gasteiger partial charge in [-0.1, -0.05) is 41.4 Å². The Labute approximate surface area is 153 Å². The summed E-state index contributed by atoms with van der Waals surface area (Å²) < 4.78 is 1.09. The van der Waals surface area contributed by atoms with Gasteiger partial charge >= 0.3 is 0 Å². The molecular weight excluding hydrogens is 365 g/mol. The number of hydrogen-bond acceptors (Lipinski definition) is 3. The van der Waals surface area contributed by atoms with Crippen molar-refractivity contribution in [3.63, 3.8) is 0 Å². The van der Waals surface area contributed by atoms with Crippen molar-refractivity contribution in [2.24, 2.45) is 0 Å². The van der Waals surface area contributed by atoms with Crippen molar-refractivity contribution in [1.82, 2.24) is 5.32 Å². The fourth-order valence-electron chi connectivity index (χ4n) is 2.35. The van der Waals surface area contributed by atoms with E-state index in [2.05, 4.69) is 5.32 Å². The predicted molar refractivity (Wildman–Crippen MR) is 100 cm³/mol. The van der Waals surface area contributed by atoms with Gasteiger partial charge in [0.25, 0.3) is 5.91 Å². The van der Waals surface area contributed by atoms with Gasteiger partial charge in [-0.2, -0.15) is 0 Å². The van der Waals surface area contributed by atoms with Gasteiger partial charge in [0.15, 0.2) is 0 Å². The van der Waals surface area contributed by atoms with Crippen LogP contribution in [0, 0.1) is 0 Å². The molecule has 24 heavy (non-hydrogen) atoms. The van der Waals surface area contributed by atoms with Crippen LogP contribution >= 0.6 is 34.5 Å². The SMILES string of the molecule is CC(O)(CNC(=O)c1cc(Cl)ccc1Cl)c1cc2ccccc2s1. The van der Waals surface area contributed by atoms with E-state index >= 15 is 0 Å². The minimum Gasteiger partial charge on any atom is -0.383 e. The molecule has 0 saturated heterocycles. The highest BCUT2D eigenvalue weighted by Gasteiger charge is 2.26. The van der Waals surface area contributed by atoms with Crippen LogP contribution in [0.1, 0.15) is 22.2 Å². The predicted octanol–water partition coefficient (Wildman–Crippen LogP) is 4.85. The number of amides is 1. The largest absolute Gasteiger partial charge is 0.383 e. The molecule has 1 aromatic heterocycles. The molecule has 0 aliphatic rings. The number of halogens is 2. The van der Waals surface area contributed by atoms with Crippen LogP contribution in [0.2, 0.25) is 10.0 Å². The number of aliphatic hydroxyl groups is 1. The first-order chi connectivity index (χ1) is 11.4. The van der Waals surface area contributed by atoms with Crippen molar-refractivity contribution in [1.29, 1.82) is 0 Å². The third-order valence-electron chi connectivity index (χ3n) is 3.72. The minimum absolute atomic E-state index is 0.0709. The highest BCUT2D eigenvalue weighted by molar-refractivity contribution is 7.19. The van der Waals surface area contributed by atoms with E-state index in [9.17, 15) is 9.90 Å². The molecule has 0 aliphatic carbocycles. The molecule has 0 aliphatic heterocycles. The molecule has 0 saturated carbocycles. The molecule has 1 heterocycles. The molecule has 124 valence electrons. The monoisotopic (exact) mass is 379 g/mol. The van der Waals surface area contributed by atoms with Crippen LogP contribution in [0.3, 0.4) is 0 Å². The summed E-state index contributed by atoms with van der Waals surface area (Å²) in [4.78, 5) is 13.1. The first-order valence-electron chi connectivity index (χ1n) is 7.31. The Balaban J connectivity index is 1.77. The summed E-state index contributed by atoms with van der Waals surface area (Å²) >= 11 is 13.4. The maximum atomic E-state index is 12.3. The number of fused-ring (bicyclic) bond motifs is 1. The quantitative estimate of drug-likeness (QED) is 0.680. The Bertz CT molecular complexity index is 872. The standard InChI is InChI=1S/C18H15Cl2NO2S/c1-18(23,16-8-11-4-2-3-5-15(11)24-16)10-21-17(22)13-9-12(19)6-7-14(13)20/h2-9,23H,10H2,1H3,(H,21,22). The van der Waals surface area contributed by atoms with E-state index in [1.54, 1.807) is 19.1 Å². The zero-order chi connectivity index (χ0) is 17.3. The van der Waals surface area contributed by atoms with Crippen molar-refractivity contribution < 1.29 is 9.90 Å². The minimum atomic E-state index is -1.18. The zero-order valence-electron chi connectivity index (χ0n) is 12.8. The van der Waals surface area contributed by atoms with Crippen molar-refractivity contribution in [2.75, 3.05) is 6.54 Å². The molecule has 0 fully saturated rings. The molecule has 1 amide bonds. The van der Waals surface area contributed by atoms with E-state index in [1.165, 1.54) is 17.4 Å². The summed E-state index contributed by atoms with van der Waals surface area (Å²) in [5.74, 6) is -0.371. The summed E-state index contributed by atoms with van der Waals surface area (Å²) in [6.07, 6.45) is 0. The number of nitrogens with one attached hydrogen (secondary N) is 1. The molecule has 2 N–H and O–H groups in total. The Morgan fingerprint density at radius 1 is 1.21 bits per heavy atom. The summed E-state index contributed by atoms with van der Waals surface area (Å²) in [7, 11) is 0. The van der Waals surface area contributed by atoms with Crippen LogP contribution < -0.4 is 5.32 Å². The molecule has 0 spiro atoms. The van der Waals surface area contributed by atoms with Crippen LogP contribution in [0.5, 0.6) is 0 Å². The fourth-order valence-corrected chi connectivity index (χ4v) is 3.84. The zero-order valence-corrected chi connectivity index (χ0v) is 15.2. The Hall–Kier alpha value is -1.59. The number of benzene rings is 2. The van der Waals surface area contributed by atoms with Crippen LogP contribution in [-0.4, -0.2) is 17.6 Å². The molecule has 3 nitrogen and oxygen atoms in total. The van der Waals surface area contributed by atoms with Gasteiger partial charge in [0.1, 0.15) is 5.60 Å². The Kier molecular flexibility index (Phi) is 4.83. The fraction of sp³-hybridized carbons (Fsp3) is 0.167. The Morgan fingerprint density at radius 2 is 1.96 bits per heavy atom. The van der Waals surface area contributed by atoms with Crippen molar-refractivity contribution >= 4 is 50.5 Å². The third-order valence-corrected chi connectivity index (χ3v) is 5.66. The van der Waals surface area contributed by atoms with E-state index in [0.717, 1.165) is 15.0 Å². The maximum absolute atomic E-state index is 12.3. The first kappa shape index (κ1) is 17.2. The lowest BCUT2D eigenvalue weighted by Gasteiger charge is -2.22. The topological polar surface area (TPSA) is 49.3 Å². The highest BCUT2D eigenvalue weighted by atomic mass is 35.5. The van der Waals surface area contributed by atoms with Gasteiger partial charge in [0.05, 0.1) is 17.1 Å². The molecule has 2 aromatic carbocycles. The van der Waals surface area contributed by atoms with Gasteiger partial charge in [-0.25, -0.2) is 0 Å². The van der Waals surface area contributed by atoms with Crippen molar-refractivity contribution in [3.05, 3.63) is 69.0 Å². The lowest BCUT2D eigenvalue weighted by atomic mass is 10.0. The van der Waals surface area contributed by atoms with Crippen molar-refractivity contribution in [3.8, 4) is 0 Å². The molecule has 1 atom stereocenters. The van der Waals surface area contributed by atoms with Gasteiger partial charge in [0.2, 0.25) is 0 Å². The van der Waals surface area contributed by atoms with Gasteiger partial charge in [-0.3, -0.25) is 4.79 Å². The third kappa shape index (κ3) is 3.57. The molecule has 0 radical (unpaired) electrons. The smallest absolute Gasteiger partial charge is 0.252 e. The molecule has 0 bridgehead atoms. The Morgan fingerprint density at radius 3 is 2.71 bits per heavy atom. The number of rotatable bonds is 4. The summed E-state index contributed by atoms with van der Waals surface area (Å²) in [5, 5.41) is 15.3.